The van der Waals surface area contributed by atoms with Crippen molar-refractivity contribution in [2.24, 2.45) is 5.10 Å². The lowest BCUT2D eigenvalue weighted by molar-refractivity contribution is -0.123. The largest absolute Gasteiger partial charge is 0.497 e. The van der Waals surface area contributed by atoms with Crippen LogP contribution in [0.1, 0.15) is 11.1 Å². The summed E-state index contributed by atoms with van der Waals surface area (Å²) in [7, 11) is 3.13. The van der Waals surface area contributed by atoms with Crippen molar-refractivity contribution in [2.45, 2.75) is 6.61 Å². The topological polar surface area (TPSA) is 78.4 Å². The second kappa shape index (κ2) is 12.1. The van der Waals surface area contributed by atoms with Crippen molar-refractivity contribution in [1.29, 1.82) is 0 Å². The molecule has 7 nitrogen and oxygen atoms in total. The summed E-state index contributed by atoms with van der Waals surface area (Å²) in [6, 6.07) is 17.9. The maximum absolute atomic E-state index is 12.0. The van der Waals surface area contributed by atoms with E-state index in [1.807, 2.05) is 24.3 Å². The number of rotatable bonds is 10. The highest BCUT2D eigenvalue weighted by atomic mass is 79.9. The molecule has 9 heteroatoms. The van der Waals surface area contributed by atoms with Crippen LogP contribution in [0.5, 0.6) is 23.0 Å². The number of nitrogens with zero attached hydrogens (tertiary/aromatic N) is 1. The Bertz CT molecular complexity index is 1120. The van der Waals surface area contributed by atoms with Gasteiger partial charge in [-0.25, -0.2) is 5.43 Å². The molecule has 3 rings (SSSR count). The minimum atomic E-state index is -0.396. The van der Waals surface area contributed by atoms with Crippen LogP contribution < -0.4 is 24.4 Å². The Labute approximate surface area is 205 Å². The molecule has 0 saturated heterocycles. The first kappa shape index (κ1) is 24.4. The summed E-state index contributed by atoms with van der Waals surface area (Å²) in [6.07, 6.45) is 1.50. The van der Waals surface area contributed by atoms with Gasteiger partial charge < -0.3 is 18.9 Å². The zero-order valence-corrected chi connectivity index (χ0v) is 20.4. The maximum Gasteiger partial charge on any atom is 0.277 e. The van der Waals surface area contributed by atoms with E-state index in [2.05, 4.69) is 26.5 Å². The SMILES string of the molecule is COc1ccc(OCC(=O)NN=Cc2cc(Br)c(OCc3ccccc3Cl)c(OC)c2)cc1. The molecular weight excluding hydrogens is 512 g/mol. The van der Waals surface area contributed by atoms with E-state index >= 15 is 0 Å². The van der Waals surface area contributed by atoms with Crippen molar-refractivity contribution < 1.29 is 23.7 Å². The maximum atomic E-state index is 12.0. The number of nitrogens with one attached hydrogen (secondary N) is 1. The van der Waals surface area contributed by atoms with Gasteiger partial charge in [-0.15, -0.1) is 0 Å². The molecular formula is C24H22BrClN2O5. The van der Waals surface area contributed by atoms with Gasteiger partial charge >= 0.3 is 0 Å². The fraction of sp³-hybridized carbons (Fsp3) is 0.167. The van der Waals surface area contributed by atoms with Crippen molar-refractivity contribution >= 4 is 39.7 Å². The van der Waals surface area contributed by atoms with Gasteiger partial charge in [0.05, 0.1) is 24.9 Å². The minimum absolute atomic E-state index is 0.175. The highest BCUT2D eigenvalue weighted by Crippen LogP contribution is 2.37. The first-order chi connectivity index (χ1) is 16.0. The molecule has 1 N–H and O–H groups in total. The first-order valence-electron chi connectivity index (χ1n) is 9.82. The summed E-state index contributed by atoms with van der Waals surface area (Å²) < 4.78 is 22.5. The molecule has 0 saturated carbocycles. The highest BCUT2D eigenvalue weighted by Gasteiger charge is 2.12. The standard InChI is InChI=1S/C24H22BrClN2O5/c1-30-18-7-9-19(10-8-18)32-15-23(29)28-27-13-16-11-20(25)24(22(12-16)31-2)33-14-17-5-3-4-6-21(17)26/h3-13H,14-15H2,1-2H3,(H,28,29). The van der Waals surface area contributed by atoms with Crippen molar-refractivity contribution in [2.75, 3.05) is 20.8 Å². The lowest BCUT2D eigenvalue weighted by Crippen LogP contribution is -2.24. The average Bonchev–Trinajstić information content (AvgIpc) is 2.83. The molecule has 0 aromatic heterocycles. The van der Waals surface area contributed by atoms with Crippen LogP contribution >= 0.6 is 27.5 Å². The third kappa shape index (κ3) is 7.13. The third-order valence-corrected chi connectivity index (χ3v) is 5.37. The minimum Gasteiger partial charge on any atom is -0.497 e. The summed E-state index contributed by atoms with van der Waals surface area (Å²) in [5.41, 5.74) is 3.98. The summed E-state index contributed by atoms with van der Waals surface area (Å²) in [6.45, 7) is 0.109. The van der Waals surface area contributed by atoms with E-state index in [0.717, 1.165) is 5.56 Å². The first-order valence-corrected chi connectivity index (χ1v) is 11.0. The predicted molar refractivity (Wildman–Crippen MR) is 131 cm³/mol. The van der Waals surface area contributed by atoms with Crippen LogP contribution in [0.4, 0.5) is 0 Å². The number of amides is 1. The van der Waals surface area contributed by atoms with E-state index in [1.54, 1.807) is 50.6 Å². The molecule has 0 unspecified atom stereocenters. The normalized spacial score (nSPS) is 10.7. The molecule has 0 spiro atoms. The Morgan fingerprint density at radius 1 is 1.03 bits per heavy atom. The van der Waals surface area contributed by atoms with Crippen molar-refractivity contribution in [3.05, 3.63) is 81.3 Å². The van der Waals surface area contributed by atoms with Crippen LogP contribution in [0.15, 0.2) is 70.2 Å². The molecule has 0 bridgehead atoms. The van der Waals surface area contributed by atoms with Gasteiger partial charge in [-0.05, 0) is 64.0 Å². The smallest absolute Gasteiger partial charge is 0.277 e. The second-order valence-corrected chi connectivity index (χ2v) is 7.93. The van der Waals surface area contributed by atoms with Crippen LogP contribution in [0.2, 0.25) is 5.02 Å². The number of carbonyl (C=O) groups is 1. The lowest BCUT2D eigenvalue weighted by atomic mass is 10.2. The van der Waals surface area contributed by atoms with Gasteiger partial charge in [0.25, 0.3) is 5.91 Å². The molecule has 0 atom stereocenters. The van der Waals surface area contributed by atoms with Gasteiger partial charge in [-0.2, -0.15) is 5.10 Å². The summed E-state index contributed by atoms with van der Waals surface area (Å²) >= 11 is 9.69. The zero-order chi connectivity index (χ0) is 23.6. The number of ether oxygens (including phenoxy) is 4. The fourth-order valence-corrected chi connectivity index (χ4v) is 3.52. The Balaban J connectivity index is 1.57. The van der Waals surface area contributed by atoms with Gasteiger partial charge in [0, 0.05) is 10.6 Å². The molecule has 0 aliphatic heterocycles. The molecule has 172 valence electrons. The number of hydrazone groups is 1. The van der Waals surface area contributed by atoms with Gasteiger partial charge in [-0.3, -0.25) is 4.79 Å². The van der Waals surface area contributed by atoms with Gasteiger partial charge in [-0.1, -0.05) is 29.8 Å². The number of methoxy groups -OCH3 is 2. The molecule has 0 heterocycles. The van der Waals surface area contributed by atoms with Crippen LogP contribution in [0.3, 0.4) is 0 Å². The fourth-order valence-electron chi connectivity index (χ4n) is 2.75. The van der Waals surface area contributed by atoms with Crippen molar-refractivity contribution in [3.63, 3.8) is 0 Å². The van der Waals surface area contributed by atoms with Crippen molar-refractivity contribution in [3.8, 4) is 23.0 Å². The van der Waals surface area contributed by atoms with Gasteiger partial charge in [0.1, 0.15) is 18.1 Å². The van der Waals surface area contributed by atoms with E-state index in [0.29, 0.717) is 38.1 Å². The van der Waals surface area contributed by atoms with Crippen molar-refractivity contribution in [1.82, 2.24) is 5.43 Å². The van der Waals surface area contributed by atoms with Gasteiger partial charge in [0.15, 0.2) is 18.1 Å². The van der Waals surface area contributed by atoms with E-state index in [4.69, 9.17) is 30.5 Å². The molecule has 0 aliphatic rings. The Morgan fingerprint density at radius 3 is 2.45 bits per heavy atom. The van der Waals surface area contributed by atoms with Crippen LogP contribution in [-0.4, -0.2) is 32.9 Å². The Kier molecular flexibility index (Phi) is 8.97. The molecule has 1 amide bonds. The van der Waals surface area contributed by atoms with Gasteiger partial charge in [0.2, 0.25) is 0 Å². The monoisotopic (exact) mass is 532 g/mol. The molecule has 33 heavy (non-hydrogen) atoms. The Morgan fingerprint density at radius 2 is 1.76 bits per heavy atom. The van der Waals surface area contributed by atoms with E-state index < -0.39 is 5.91 Å². The van der Waals surface area contributed by atoms with E-state index in [9.17, 15) is 4.79 Å². The lowest BCUT2D eigenvalue weighted by Gasteiger charge is -2.14. The number of halogens is 2. The van der Waals surface area contributed by atoms with Crippen LogP contribution in [0, 0.1) is 0 Å². The summed E-state index contributed by atoms with van der Waals surface area (Å²) in [5, 5.41) is 4.60. The van der Waals surface area contributed by atoms with E-state index in [-0.39, 0.29) is 13.2 Å². The highest BCUT2D eigenvalue weighted by molar-refractivity contribution is 9.10. The van der Waals surface area contributed by atoms with Crippen LogP contribution in [0.25, 0.3) is 0 Å². The summed E-state index contributed by atoms with van der Waals surface area (Å²) in [4.78, 5) is 12.0. The zero-order valence-electron chi connectivity index (χ0n) is 18.0. The van der Waals surface area contributed by atoms with Crippen LogP contribution in [-0.2, 0) is 11.4 Å². The Hall–Kier alpha value is -3.23. The third-order valence-electron chi connectivity index (χ3n) is 4.41. The van der Waals surface area contributed by atoms with E-state index in [1.165, 1.54) is 6.21 Å². The number of carbonyl (C=O) groups excluding carboxylic acids is 1. The predicted octanol–water partition coefficient (Wildman–Crippen LogP) is 5.23. The molecule has 0 aliphatic carbocycles. The second-order valence-electron chi connectivity index (χ2n) is 6.67. The number of benzene rings is 3. The number of hydrogen-bond donors (Lipinski definition) is 1. The quantitative estimate of drug-likeness (QED) is 0.285. The average molecular weight is 534 g/mol. The molecule has 3 aromatic carbocycles. The molecule has 0 radical (unpaired) electrons. The molecule has 0 fully saturated rings. The molecule has 3 aromatic rings. The number of hydrogen-bond acceptors (Lipinski definition) is 6. The summed E-state index contributed by atoms with van der Waals surface area (Å²) in [5.74, 6) is 1.90.